The number of amides is 1. The maximum Gasteiger partial charge on any atom is 0.247 e. The van der Waals surface area contributed by atoms with Crippen LogP contribution in [0.3, 0.4) is 0 Å². The van der Waals surface area contributed by atoms with Crippen molar-refractivity contribution < 1.29 is 18.0 Å². The number of hydrogen-bond donors (Lipinski definition) is 1. The Morgan fingerprint density at radius 2 is 1.83 bits per heavy atom. The molecule has 0 fully saturated rings. The number of rotatable bonds is 6. The van der Waals surface area contributed by atoms with Crippen molar-refractivity contribution in [3.05, 3.63) is 70.9 Å². The van der Waals surface area contributed by atoms with Gasteiger partial charge in [0.05, 0.1) is 5.69 Å². The highest BCUT2D eigenvalue weighted by atomic mass is 32.1. The molecule has 0 spiro atoms. The second-order valence-corrected chi connectivity index (χ2v) is 7.44. The zero-order chi connectivity index (χ0) is 21.1. The molecule has 9 heteroatoms. The molecular formula is C21H16F2N4O2S. The molecule has 1 N–H and O–H groups in total. The van der Waals surface area contributed by atoms with E-state index < -0.39 is 11.6 Å². The van der Waals surface area contributed by atoms with E-state index in [0.717, 1.165) is 23.3 Å². The number of nitrogens with one attached hydrogen (secondary N) is 1. The normalized spacial score (nSPS) is 10.9. The fraction of sp³-hybridized carbons (Fsp3) is 0.143. The molecule has 0 atom stereocenters. The van der Waals surface area contributed by atoms with Crippen LogP contribution in [0.4, 0.5) is 13.9 Å². The molecule has 1 amide bonds. The topological polar surface area (TPSA) is 80.9 Å². The van der Waals surface area contributed by atoms with Gasteiger partial charge in [0.25, 0.3) is 0 Å². The van der Waals surface area contributed by atoms with Crippen molar-refractivity contribution >= 4 is 22.4 Å². The van der Waals surface area contributed by atoms with E-state index in [4.69, 9.17) is 4.42 Å². The van der Waals surface area contributed by atoms with Gasteiger partial charge in [0.1, 0.15) is 0 Å². The van der Waals surface area contributed by atoms with Crippen LogP contribution in [0.2, 0.25) is 0 Å². The molecule has 0 bridgehead atoms. The lowest BCUT2D eigenvalue weighted by molar-refractivity contribution is -0.116. The molecule has 6 nitrogen and oxygen atoms in total. The van der Waals surface area contributed by atoms with E-state index >= 15 is 0 Å². The minimum absolute atomic E-state index is 0.135. The number of carbonyl (C=O) groups is 1. The van der Waals surface area contributed by atoms with Gasteiger partial charge in [-0.15, -0.1) is 21.5 Å². The van der Waals surface area contributed by atoms with Crippen LogP contribution in [0, 0.1) is 18.6 Å². The van der Waals surface area contributed by atoms with Crippen LogP contribution in [-0.2, 0) is 11.2 Å². The fourth-order valence-corrected chi connectivity index (χ4v) is 3.42. The molecule has 152 valence electrons. The summed E-state index contributed by atoms with van der Waals surface area (Å²) in [5.41, 5.74) is 2.83. The minimum atomic E-state index is -0.948. The highest BCUT2D eigenvalue weighted by Gasteiger charge is 2.13. The van der Waals surface area contributed by atoms with Crippen molar-refractivity contribution in [2.75, 3.05) is 5.32 Å². The Kier molecular flexibility index (Phi) is 5.62. The van der Waals surface area contributed by atoms with Crippen LogP contribution >= 0.6 is 11.3 Å². The van der Waals surface area contributed by atoms with Gasteiger partial charge in [0, 0.05) is 29.3 Å². The Labute approximate surface area is 174 Å². The van der Waals surface area contributed by atoms with Crippen molar-refractivity contribution in [1.29, 1.82) is 0 Å². The van der Waals surface area contributed by atoms with E-state index in [2.05, 4.69) is 20.5 Å². The standard InChI is InChI=1S/C21H16F2N4O2S/c1-12-2-4-13(5-3-12)20-27-26-19(29-20)9-8-18(28)25-21-24-17(11-30-21)14-6-7-15(22)16(23)10-14/h2-7,10-11H,8-9H2,1H3,(H,24,25,28). The first-order valence-electron chi connectivity index (χ1n) is 9.08. The lowest BCUT2D eigenvalue weighted by Crippen LogP contribution is -2.12. The lowest BCUT2D eigenvalue weighted by atomic mass is 10.1. The number of carbonyl (C=O) groups excluding carboxylic acids is 1. The average molecular weight is 426 g/mol. The number of aromatic nitrogens is 3. The molecule has 30 heavy (non-hydrogen) atoms. The summed E-state index contributed by atoms with van der Waals surface area (Å²) >= 11 is 1.20. The van der Waals surface area contributed by atoms with Gasteiger partial charge in [0.15, 0.2) is 16.8 Å². The number of benzene rings is 2. The summed E-state index contributed by atoms with van der Waals surface area (Å²) in [6.07, 6.45) is 0.418. The zero-order valence-electron chi connectivity index (χ0n) is 15.9. The molecule has 2 aromatic carbocycles. The Morgan fingerprint density at radius 3 is 2.60 bits per heavy atom. The largest absolute Gasteiger partial charge is 0.421 e. The summed E-state index contributed by atoms with van der Waals surface area (Å²) in [5, 5.41) is 12.7. The maximum absolute atomic E-state index is 13.4. The number of aryl methyl sites for hydroxylation is 2. The van der Waals surface area contributed by atoms with Crippen molar-refractivity contribution in [1.82, 2.24) is 15.2 Å². The van der Waals surface area contributed by atoms with E-state index in [1.54, 1.807) is 5.38 Å². The van der Waals surface area contributed by atoms with E-state index in [1.165, 1.54) is 17.4 Å². The smallest absolute Gasteiger partial charge is 0.247 e. The maximum atomic E-state index is 13.4. The molecule has 0 radical (unpaired) electrons. The van der Waals surface area contributed by atoms with Gasteiger partial charge < -0.3 is 9.73 Å². The molecule has 0 unspecified atom stereocenters. The number of thiazole rings is 1. The van der Waals surface area contributed by atoms with Crippen LogP contribution in [0.25, 0.3) is 22.7 Å². The highest BCUT2D eigenvalue weighted by Crippen LogP contribution is 2.26. The molecule has 4 rings (SSSR count). The van der Waals surface area contributed by atoms with Gasteiger partial charge in [0.2, 0.25) is 17.7 Å². The first-order valence-corrected chi connectivity index (χ1v) is 9.96. The molecular weight excluding hydrogens is 410 g/mol. The number of nitrogens with zero attached hydrogens (tertiary/aromatic N) is 3. The fourth-order valence-electron chi connectivity index (χ4n) is 2.69. The van der Waals surface area contributed by atoms with Crippen LogP contribution in [0.1, 0.15) is 17.9 Å². The monoisotopic (exact) mass is 426 g/mol. The second-order valence-electron chi connectivity index (χ2n) is 6.58. The molecule has 0 aliphatic heterocycles. The van der Waals surface area contributed by atoms with Crippen LogP contribution < -0.4 is 5.32 Å². The SMILES string of the molecule is Cc1ccc(-c2nnc(CCC(=O)Nc3nc(-c4ccc(F)c(F)c4)cs3)o2)cc1. The first-order chi connectivity index (χ1) is 14.5. The van der Waals surface area contributed by atoms with Crippen LogP contribution in [0.5, 0.6) is 0 Å². The quantitative estimate of drug-likeness (QED) is 0.468. The molecule has 0 aliphatic rings. The summed E-state index contributed by atoms with van der Waals surface area (Å²) in [5.74, 6) is -1.37. The zero-order valence-corrected chi connectivity index (χ0v) is 16.7. The Hall–Kier alpha value is -3.46. The predicted octanol–water partition coefficient (Wildman–Crippen LogP) is 5.02. The molecule has 2 aromatic heterocycles. The average Bonchev–Trinajstić information content (AvgIpc) is 3.39. The number of anilines is 1. The van der Waals surface area contributed by atoms with E-state index in [0.29, 0.717) is 28.2 Å². The molecule has 0 aliphatic carbocycles. The van der Waals surface area contributed by atoms with Crippen molar-refractivity contribution in [2.24, 2.45) is 0 Å². The van der Waals surface area contributed by atoms with E-state index in [-0.39, 0.29) is 18.7 Å². The van der Waals surface area contributed by atoms with E-state index in [9.17, 15) is 13.6 Å². The van der Waals surface area contributed by atoms with Gasteiger partial charge in [-0.05, 0) is 37.3 Å². The van der Waals surface area contributed by atoms with Gasteiger partial charge in [-0.3, -0.25) is 4.79 Å². The highest BCUT2D eigenvalue weighted by molar-refractivity contribution is 7.14. The third-order valence-electron chi connectivity index (χ3n) is 4.30. The van der Waals surface area contributed by atoms with E-state index in [1.807, 2.05) is 31.2 Å². The molecule has 0 saturated heterocycles. The minimum Gasteiger partial charge on any atom is -0.421 e. The van der Waals surface area contributed by atoms with Crippen molar-refractivity contribution in [2.45, 2.75) is 19.8 Å². The summed E-state index contributed by atoms with van der Waals surface area (Å²) in [6, 6.07) is 11.2. The Morgan fingerprint density at radius 1 is 1.07 bits per heavy atom. The Bertz CT molecular complexity index is 1190. The summed E-state index contributed by atoms with van der Waals surface area (Å²) in [4.78, 5) is 16.4. The van der Waals surface area contributed by atoms with Crippen molar-refractivity contribution in [3.63, 3.8) is 0 Å². The molecule has 2 heterocycles. The third kappa shape index (κ3) is 4.57. The van der Waals surface area contributed by atoms with Gasteiger partial charge in [-0.1, -0.05) is 17.7 Å². The second kappa shape index (κ2) is 8.50. The predicted molar refractivity (Wildman–Crippen MR) is 109 cm³/mol. The Balaban J connectivity index is 1.34. The summed E-state index contributed by atoms with van der Waals surface area (Å²) in [7, 11) is 0. The van der Waals surface area contributed by atoms with Gasteiger partial charge in [-0.2, -0.15) is 0 Å². The lowest BCUT2D eigenvalue weighted by Gasteiger charge is -2.00. The third-order valence-corrected chi connectivity index (χ3v) is 5.05. The summed E-state index contributed by atoms with van der Waals surface area (Å²) < 4.78 is 32.1. The van der Waals surface area contributed by atoms with Crippen molar-refractivity contribution in [3.8, 4) is 22.7 Å². The van der Waals surface area contributed by atoms with Gasteiger partial charge >= 0.3 is 0 Å². The number of halogens is 2. The summed E-state index contributed by atoms with van der Waals surface area (Å²) in [6.45, 7) is 1.99. The molecule has 4 aromatic rings. The first kappa shape index (κ1) is 19.8. The molecule has 0 saturated carbocycles. The number of hydrogen-bond acceptors (Lipinski definition) is 6. The van der Waals surface area contributed by atoms with Gasteiger partial charge in [-0.25, -0.2) is 13.8 Å². The van der Waals surface area contributed by atoms with Crippen LogP contribution in [0.15, 0.2) is 52.3 Å². The van der Waals surface area contributed by atoms with Crippen LogP contribution in [-0.4, -0.2) is 21.1 Å².